The first-order valence-electron chi connectivity index (χ1n) is 3.58. The van der Waals surface area contributed by atoms with E-state index in [1.54, 1.807) is 0 Å². The molecule has 0 fully saturated rings. The van der Waals surface area contributed by atoms with Crippen molar-refractivity contribution in [1.29, 1.82) is 0 Å². The van der Waals surface area contributed by atoms with Crippen LogP contribution >= 0.6 is 0 Å². The van der Waals surface area contributed by atoms with Crippen LogP contribution in [0, 0.1) is 0 Å². The van der Waals surface area contributed by atoms with E-state index in [2.05, 4.69) is 4.74 Å². The van der Waals surface area contributed by atoms with Crippen LogP contribution in [0.2, 0.25) is 0 Å². The molecule has 0 saturated carbocycles. The van der Waals surface area contributed by atoms with Crippen LogP contribution in [0.3, 0.4) is 0 Å². The molecule has 14 heavy (non-hydrogen) atoms. The minimum absolute atomic E-state index is 0.298. The van der Waals surface area contributed by atoms with Gasteiger partial charge in [0.25, 0.3) is 0 Å². The van der Waals surface area contributed by atoms with Crippen molar-refractivity contribution in [3.63, 3.8) is 0 Å². The SMILES string of the molecule is C[S+]([O-])c1cccc(OC(F)(F)F)c1. The number of hydrogen-bond acceptors (Lipinski definition) is 2. The number of alkyl halides is 3. The Bertz CT molecular complexity index is 312. The summed E-state index contributed by atoms with van der Waals surface area (Å²) in [6.07, 6.45) is -3.33. The van der Waals surface area contributed by atoms with Crippen molar-refractivity contribution in [3.05, 3.63) is 24.3 Å². The lowest BCUT2D eigenvalue weighted by Crippen LogP contribution is -2.17. The van der Waals surface area contributed by atoms with Gasteiger partial charge in [-0.3, -0.25) is 0 Å². The summed E-state index contributed by atoms with van der Waals surface area (Å²) >= 11 is -1.31. The molecule has 6 heteroatoms. The third kappa shape index (κ3) is 3.47. The Hall–Kier alpha value is -0.880. The molecule has 0 aromatic heterocycles. The summed E-state index contributed by atoms with van der Waals surface area (Å²) in [6.45, 7) is 0. The molecule has 78 valence electrons. The van der Waals surface area contributed by atoms with Crippen LogP contribution in [0.5, 0.6) is 5.75 Å². The standard InChI is InChI=1S/C8H7F3O2S/c1-14(12)7-4-2-3-6(5-7)13-8(9,10)11/h2-5H,1H3. The maximum absolute atomic E-state index is 11.8. The van der Waals surface area contributed by atoms with Gasteiger partial charge in [0.05, 0.1) is 0 Å². The zero-order chi connectivity index (χ0) is 10.8. The van der Waals surface area contributed by atoms with E-state index in [1.807, 2.05) is 0 Å². The molecule has 0 saturated heterocycles. The van der Waals surface area contributed by atoms with Crippen LogP contribution in [0.4, 0.5) is 13.2 Å². The van der Waals surface area contributed by atoms with Gasteiger partial charge in [-0.2, -0.15) is 0 Å². The second-order valence-electron chi connectivity index (χ2n) is 2.48. The number of rotatable bonds is 2. The fraction of sp³-hybridized carbons (Fsp3) is 0.250. The van der Waals surface area contributed by atoms with E-state index in [4.69, 9.17) is 0 Å². The smallest absolute Gasteiger partial charge is 0.573 e. The summed E-state index contributed by atoms with van der Waals surface area (Å²) in [4.78, 5) is 0.298. The molecule has 0 aliphatic carbocycles. The minimum Gasteiger partial charge on any atom is -0.612 e. The van der Waals surface area contributed by atoms with Gasteiger partial charge in [-0.1, -0.05) is 6.07 Å². The van der Waals surface area contributed by atoms with E-state index in [-0.39, 0.29) is 5.75 Å². The Morgan fingerprint density at radius 2 is 2.00 bits per heavy atom. The Balaban J connectivity index is 2.84. The van der Waals surface area contributed by atoms with E-state index in [1.165, 1.54) is 18.4 Å². The highest BCUT2D eigenvalue weighted by Gasteiger charge is 2.31. The van der Waals surface area contributed by atoms with Crippen molar-refractivity contribution in [1.82, 2.24) is 0 Å². The van der Waals surface area contributed by atoms with Gasteiger partial charge >= 0.3 is 6.36 Å². The van der Waals surface area contributed by atoms with Crippen LogP contribution in [-0.2, 0) is 11.2 Å². The lowest BCUT2D eigenvalue weighted by Gasteiger charge is -2.10. The second kappa shape index (κ2) is 4.10. The van der Waals surface area contributed by atoms with Crippen LogP contribution in [-0.4, -0.2) is 17.2 Å². The zero-order valence-corrected chi connectivity index (χ0v) is 7.98. The molecule has 0 N–H and O–H groups in total. The molecule has 1 rings (SSSR count). The summed E-state index contributed by atoms with van der Waals surface area (Å²) < 4.78 is 49.9. The lowest BCUT2D eigenvalue weighted by atomic mass is 10.3. The Labute approximate surface area is 81.9 Å². The van der Waals surface area contributed by atoms with Gasteiger partial charge in [0.2, 0.25) is 0 Å². The molecule has 1 unspecified atom stereocenters. The zero-order valence-electron chi connectivity index (χ0n) is 7.17. The molecule has 1 atom stereocenters. The fourth-order valence-corrected chi connectivity index (χ4v) is 1.40. The largest absolute Gasteiger partial charge is 0.612 e. The van der Waals surface area contributed by atoms with E-state index in [0.29, 0.717) is 4.90 Å². The molecule has 0 bridgehead atoms. The van der Waals surface area contributed by atoms with E-state index >= 15 is 0 Å². The molecule has 1 aromatic rings. The lowest BCUT2D eigenvalue weighted by molar-refractivity contribution is -0.274. The molecular weight excluding hydrogens is 217 g/mol. The fourth-order valence-electron chi connectivity index (χ4n) is 0.850. The Kier molecular flexibility index (Phi) is 3.28. The monoisotopic (exact) mass is 224 g/mol. The average Bonchev–Trinajstić information content (AvgIpc) is 2.01. The highest BCUT2D eigenvalue weighted by Crippen LogP contribution is 2.24. The first-order valence-corrected chi connectivity index (χ1v) is 5.13. The first kappa shape index (κ1) is 11.2. The molecule has 0 aliphatic heterocycles. The third-order valence-corrected chi connectivity index (χ3v) is 2.29. The van der Waals surface area contributed by atoms with Crippen molar-refractivity contribution in [2.45, 2.75) is 11.3 Å². The van der Waals surface area contributed by atoms with E-state index in [9.17, 15) is 17.7 Å². The van der Waals surface area contributed by atoms with Gasteiger partial charge < -0.3 is 9.29 Å². The summed E-state index contributed by atoms with van der Waals surface area (Å²) in [5, 5.41) is 0. The highest BCUT2D eigenvalue weighted by molar-refractivity contribution is 7.90. The molecule has 0 radical (unpaired) electrons. The maximum atomic E-state index is 11.8. The van der Waals surface area contributed by atoms with Gasteiger partial charge in [-0.15, -0.1) is 13.2 Å². The number of hydrogen-bond donors (Lipinski definition) is 0. The molecule has 0 aliphatic rings. The van der Waals surface area contributed by atoms with E-state index < -0.39 is 17.5 Å². The van der Waals surface area contributed by atoms with E-state index in [0.717, 1.165) is 12.1 Å². The number of halogens is 3. The third-order valence-electron chi connectivity index (χ3n) is 1.37. The van der Waals surface area contributed by atoms with Crippen molar-refractivity contribution in [2.24, 2.45) is 0 Å². The van der Waals surface area contributed by atoms with Crippen molar-refractivity contribution < 1.29 is 22.5 Å². The van der Waals surface area contributed by atoms with Gasteiger partial charge in [-0.25, -0.2) is 0 Å². The predicted molar refractivity (Wildman–Crippen MR) is 45.5 cm³/mol. The van der Waals surface area contributed by atoms with Crippen LogP contribution in [0.25, 0.3) is 0 Å². The molecule has 0 spiro atoms. The molecular formula is C8H7F3O2S. The molecule has 2 nitrogen and oxygen atoms in total. The average molecular weight is 224 g/mol. The van der Waals surface area contributed by atoms with Crippen LogP contribution in [0.1, 0.15) is 0 Å². The summed E-state index contributed by atoms with van der Waals surface area (Å²) in [5.74, 6) is -0.356. The summed E-state index contributed by atoms with van der Waals surface area (Å²) in [5.41, 5.74) is 0. The molecule has 1 aromatic carbocycles. The van der Waals surface area contributed by atoms with Gasteiger partial charge in [0, 0.05) is 6.07 Å². The van der Waals surface area contributed by atoms with Crippen molar-refractivity contribution >= 4 is 11.2 Å². The van der Waals surface area contributed by atoms with Gasteiger partial charge in [0.15, 0.2) is 4.90 Å². The van der Waals surface area contributed by atoms with Crippen LogP contribution in [0.15, 0.2) is 29.2 Å². The van der Waals surface area contributed by atoms with Gasteiger partial charge in [-0.05, 0) is 23.3 Å². The number of ether oxygens (including phenoxy) is 1. The highest BCUT2D eigenvalue weighted by atomic mass is 32.2. The topological polar surface area (TPSA) is 32.3 Å². The Morgan fingerprint density at radius 3 is 2.50 bits per heavy atom. The normalized spacial score (nSPS) is 13.8. The Morgan fingerprint density at radius 1 is 1.36 bits per heavy atom. The summed E-state index contributed by atoms with van der Waals surface area (Å²) in [6, 6.07) is 5.09. The van der Waals surface area contributed by atoms with Crippen molar-refractivity contribution in [2.75, 3.05) is 6.26 Å². The molecule has 0 amide bonds. The quantitative estimate of drug-likeness (QED) is 0.722. The maximum Gasteiger partial charge on any atom is 0.573 e. The predicted octanol–water partition coefficient (Wildman–Crippen LogP) is 2.32. The first-order chi connectivity index (χ1) is 6.38. The minimum atomic E-state index is -4.71. The summed E-state index contributed by atoms with van der Waals surface area (Å²) in [7, 11) is 0. The molecule has 0 heterocycles. The van der Waals surface area contributed by atoms with Gasteiger partial charge in [0.1, 0.15) is 12.0 Å². The van der Waals surface area contributed by atoms with Crippen molar-refractivity contribution in [3.8, 4) is 5.75 Å². The second-order valence-corrected chi connectivity index (χ2v) is 3.86. The number of benzene rings is 1. The van der Waals surface area contributed by atoms with Crippen LogP contribution < -0.4 is 4.74 Å².